The first-order chi connectivity index (χ1) is 8.09. The van der Waals surface area contributed by atoms with Crippen LogP contribution in [0.5, 0.6) is 0 Å². The molecule has 0 spiro atoms. The summed E-state index contributed by atoms with van der Waals surface area (Å²) >= 11 is 1.76. The number of rotatable bonds is 3. The molecule has 0 aromatic heterocycles. The second kappa shape index (κ2) is 4.89. The Bertz CT molecular complexity index is 473. The van der Waals surface area contributed by atoms with Gasteiger partial charge < -0.3 is 10.8 Å². The van der Waals surface area contributed by atoms with Gasteiger partial charge in [-0.3, -0.25) is 9.59 Å². The van der Waals surface area contributed by atoms with Crippen LogP contribution in [0.4, 0.5) is 0 Å². The number of aliphatic carboxylic acids is 1. The van der Waals surface area contributed by atoms with Crippen LogP contribution in [0.2, 0.25) is 0 Å². The van der Waals surface area contributed by atoms with Gasteiger partial charge in [-0.1, -0.05) is 6.07 Å². The molecule has 0 saturated carbocycles. The second-order valence-corrected chi connectivity index (χ2v) is 5.09. The Morgan fingerprint density at radius 1 is 1.41 bits per heavy atom. The number of carboxylic acids is 1. The Hall–Kier alpha value is -1.33. The third-order valence-corrected chi connectivity index (χ3v) is 3.94. The summed E-state index contributed by atoms with van der Waals surface area (Å²) in [5.41, 5.74) is 6.82. The standard InChI is InChI=1S/C12H13NO3S/c13-10(12(15)16)11(14)8-3-4-9-7(6-8)2-1-5-17-9/h3-4,6,10H,1-2,5,13H2,(H,15,16). The number of nitrogens with two attached hydrogens (primary N) is 1. The highest BCUT2D eigenvalue weighted by atomic mass is 32.2. The van der Waals surface area contributed by atoms with Crippen molar-refractivity contribution in [2.24, 2.45) is 5.73 Å². The van der Waals surface area contributed by atoms with E-state index >= 15 is 0 Å². The lowest BCUT2D eigenvalue weighted by Gasteiger charge is -2.16. The fourth-order valence-electron chi connectivity index (χ4n) is 1.81. The van der Waals surface area contributed by atoms with Crippen molar-refractivity contribution >= 4 is 23.5 Å². The highest BCUT2D eigenvalue weighted by Gasteiger charge is 2.23. The fourth-order valence-corrected chi connectivity index (χ4v) is 2.82. The molecule has 3 N–H and O–H groups in total. The van der Waals surface area contributed by atoms with Crippen LogP contribution in [0.3, 0.4) is 0 Å². The molecule has 2 rings (SSSR count). The number of hydrogen-bond acceptors (Lipinski definition) is 4. The monoisotopic (exact) mass is 251 g/mol. The number of carboxylic acid groups (broad SMARTS) is 1. The predicted molar refractivity (Wildman–Crippen MR) is 65.4 cm³/mol. The molecule has 1 aliphatic rings. The minimum absolute atomic E-state index is 0.390. The molecule has 1 aliphatic heterocycles. The maximum atomic E-state index is 11.8. The van der Waals surface area contributed by atoms with E-state index in [2.05, 4.69) is 0 Å². The van der Waals surface area contributed by atoms with Crippen LogP contribution in [0.1, 0.15) is 22.3 Å². The molecule has 1 aromatic carbocycles. The number of carbonyl (C=O) groups excluding carboxylic acids is 1. The summed E-state index contributed by atoms with van der Waals surface area (Å²) in [6.07, 6.45) is 2.02. The Balaban J connectivity index is 2.28. The Morgan fingerprint density at radius 3 is 2.88 bits per heavy atom. The molecule has 1 aromatic rings. The van der Waals surface area contributed by atoms with Crippen LogP contribution in [-0.2, 0) is 11.2 Å². The average molecular weight is 251 g/mol. The molecule has 1 atom stereocenters. The second-order valence-electron chi connectivity index (χ2n) is 3.95. The molecule has 1 unspecified atom stereocenters. The summed E-state index contributed by atoms with van der Waals surface area (Å²) in [5.74, 6) is -0.729. The van der Waals surface area contributed by atoms with Gasteiger partial charge in [0, 0.05) is 10.5 Å². The summed E-state index contributed by atoms with van der Waals surface area (Å²) in [5, 5.41) is 8.70. The summed E-state index contributed by atoms with van der Waals surface area (Å²) in [6.45, 7) is 0. The maximum absolute atomic E-state index is 11.8. The molecule has 90 valence electrons. The van der Waals surface area contributed by atoms with Crippen LogP contribution in [0.25, 0.3) is 0 Å². The Kier molecular flexibility index (Phi) is 3.49. The number of carbonyl (C=O) groups is 2. The number of thioether (sulfide) groups is 1. The number of fused-ring (bicyclic) bond motifs is 1. The van der Waals surface area contributed by atoms with Gasteiger partial charge in [0.2, 0.25) is 0 Å². The number of aryl methyl sites for hydroxylation is 1. The number of hydrogen-bond donors (Lipinski definition) is 2. The molecular weight excluding hydrogens is 238 g/mol. The lowest BCUT2D eigenvalue weighted by atomic mass is 10.0. The first-order valence-electron chi connectivity index (χ1n) is 5.38. The van der Waals surface area contributed by atoms with Gasteiger partial charge in [0.05, 0.1) is 0 Å². The highest BCUT2D eigenvalue weighted by molar-refractivity contribution is 7.99. The fraction of sp³-hybridized carbons (Fsp3) is 0.333. The van der Waals surface area contributed by atoms with E-state index in [1.165, 1.54) is 4.90 Å². The van der Waals surface area contributed by atoms with Crippen LogP contribution < -0.4 is 5.73 Å². The van der Waals surface area contributed by atoms with Crippen LogP contribution >= 0.6 is 11.8 Å². The predicted octanol–water partition coefficient (Wildman–Crippen LogP) is 1.32. The van der Waals surface area contributed by atoms with Crippen LogP contribution in [0, 0.1) is 0 Å². The largest absolute Gasteiger partial charge is 0.480 e. The normalized spacial score (nSPS) is 16.1. The van der Waals surface area contributed by atoms with Gasteiger partial charge in [0.15, 0.2) is 11.8 Å². The van der Waals surface area contributed by atoms with E-state index in [4.69, 9.17) is 10.8 Å². The van der Waals surface area contributed by atoms with Gasteiger partial charge in [-0.2, -0.15) is 0 Å². The molecule has 5 heteroatoms. The van der Waals surface area contributed by atoms with Crippen molar-refractivity contribution < 1.29 is 14.7 Å². The van der Waals surface area contributed by atoms with Gasteiger partial charge in [-0.15, -0.1) is 11.8 Å². The van der Waals surface area contributed by atoms with Crippen molar-refractivity contribution in [2.45, 2.75) is 23.8 Å². The molecule has 0 amide bonds. The minimum atomic E-state index is -1.47. The van der Waals surface area contributed by atoms with Gasteiger partial charge in [-0.05, 0) is 36.3 Å². The lowest BCUT2D eigenvalue weighted by Crippen LogP contribution is -2.38. The van der Waals surface area contributed by atoms with E-state index in [0.29, 0.717) is 5.56 Å². The Morgan fingerprint density at radius 2 is 2.18 bits per heavy atom. The van der Waals surface area contributed by atoms with Crippen molar-refractivity contribution in [3.05, 3.63) is 29.3 Å². The maximum Gasteiger partial charge on any atom is 0.328 e. The minimum Gasteiger partial charge on any atom is -0.480 e. The van der Waals surface area contributed by atoms with Crippen molar-refractivity contribution in [3.63, 3.8) is 0 Å². The van der Waals surface area contributed by atoms with E-state index in [0.717, 1.165) is 24.2 Å². The first kappa shape index (κ1) is 12.1. The number of benzene rings is 1. The molecule has 0 bridgehead atoms. The van der Waals surface area contributed by atoms with E-state index in [9.17, 15) is 9.59 Å². The van der Waals surface area contributed by atoms with E-state index in [1.807, 2.05) is 6.07 Å². The van der Waals surface area contributed by atoms with Gasteiger partial charge in [0.25, 0.3) is 0 Å². The highest BCUT2D eigenvalue weighted by Crippen LogP contribution is 2.30. The number of ketones is 1. The summed E-state index contributed by atoms with van der Waals surface area (Å²) in [6, 6.07) is 3.83. The van der Waals surface area contributed by atoms with Gasteiger partial charge in [0.1, 0.15) is 0 Å². The molecule has 1 heterocycles. The topological polar surface area (TPSA) is 80.4 Å². The van der Waals surface area contributed by atoms with Crippen molar-refractivity contribution in [2.75, 3.05) is 5.75 Å². The Labute approximate surface area is 103 Å². The zero-order valence-corrected chi connectivity index (χ0v) is 10.00. The summed E-state index contributed by atoms with van der Waals surface area (Å²) < 4.78 is 0. The summed E-state index contributed by atoms with van der Waals surface area (Å²) in [7, 11) is 0. The average Bonchev–Trinajstić information content (AvgIpc) is 2.36. The smallest absolute Gasteiger partial charge is 0.328 e. The van der Waals surface area contributed by atoms with Crippen LogP contribution in [-0.4, -0.2) is 28.7 Å². The molecule has 17 heavy (non-hydrogen) atoms. The van der Waals surface area contributed by atoms with Crippen molar-refractivity contribution in [1.29, 1.82) is 0 Å². The molecule has 4 nitrogen and oxygen atoms in total. The third kappa shape index (κ3) is 2.50. The third-order valence-electron chi connectivity index (χ3n) is 2.74. The quantitative estimate of drug-likeness (QED) is 0.625. The SMILES string of the molecule is NC(C(=O)O)C(=O)c1ccc2c(c1)CCCS2. The van der Waals surface area contributed by atoms with Crippen LogP contribution in [0.15, 0.2) is 23.1 Å². The molecule has 0 radical (unpaired) electrons. The summed E-state index contributed by atoms with van der Waals surface area (Å²) in [4.78, 5) is 23.6. The van der Waals surface area contributed by atoms with E-state index in [1.54, 1.807) is 23.9 Å². The van der Waals surface area contributed by atoms with E-state index < -0.39 is 17.8 Å². The van der Waals surface area contributed by atoms with Crippen molar-refractivity contribution in [3.8, 4) is 0 Å². The van der Waals surface area contributed by atoms with Crippen molar-refractivity contribution in [1.82, 2.24) is 0 Å². The first-order valence-corrected chi connectivity index (χ1v) is 6.36. The molecule has 0 fully saturated rings. The molecule has 0 saturated heterocycles. The number of Topliss-reactive ketones (excluding diaryl/α,β-unsaturated/α-hetero) is 1. The lowest BCUT2D eigenvalue weighted by molar-refractivity contribution is -0.137. The zero-order valence-electron chi connectivity index (χ0n) is 9.18. The molecule has 0 aliphatic carbocycles. The van der Waals surface area contributed by atoms with Gasteiger partial charge >= 0.3 is 5.97 Å². The zero-order chi connectivity index (χ0) is 12.4. The van der Waals surface area contributed by atoms with E-state index in [-0.39, 0.29) is 0 Å². The molecular formula is C12H13NO3S. The van der Waals surface area contributed by atoms with Gasteiger partial charge in [-0.25, -0.2) is 0 Å².